The van der Waals surface area contributed by atoms with Gasteiger partial charge in [0.15, 0.2) is 0 Å². The molecule has 0 spiro atoms. The van der Waals surface area contributed by atoms with Gasteiger partial charge in [-0.05, 0) is 48.0 Å². The molecule has 0 atom stereocenters. The molecule has 20 heavy (non-hydrogen) atoms. The van der Waals surface area contributed by atoms with Gasteiger partial charge in [0.2, 0.25) is 5.91 Å². The fraction of sp³-hybridized carbons (Fsp3) is 0.500. The number of amides is 1. The number of rotatable bonds is 3. The minimum atomic E-state index is -0.601. The van der Waals surface area contributed by atoms with Crippen LogP contribution < -0.4 is 10.6 Å². The number of benzene rings is 1. The number of anilines is 1. The lowest BCUT2D eigenvalue weighted by Crippen LogP contribution is -2.58. The normalized spacial score (nSPS) is 17.0. The van der Waals surface area contributed by atoms with Crippen LogP contribution in [0.2, 0.25) is 0 Å². The van der Waals surface area contributed by atoms with E-state index in [1.807, 2.05) is 13.8 Å². The Bertz CT molecular complexity index is 501. The number of hydrogen-bond donors (Lipinski definition) is 2. The van der Waals surface area contributed by atoms with Crippen LogP contribution in [0.3, 0.4) is 0 Å². The van der Waals surface area contributed by atoms with Gasteiger partial charge in [-0.15, -0.1) is 0 Å². The van der Waals surface area contributed by atoms with E-state index < -0.39 is 5.54 Å². The van der Waals surface area contributed by atoms with Crippen molar-refractivity contribution < 1.29 is 9.18 Å². The highest BCUT2D eigenvalue weighted by atomic mass is 79.9. The largest absolute Gasteiger partial charge is 0.323 e. The molecular weight excluding hydrogens is 325 g/mol. The third-order valence-electron chi connectivity index (χ3n) is 3.64. The zero-order valence-corrected chi connectivity index (χ0v) is 13.3. The monoisotopic (exact) mass is 343 g/mol. The second-order valence-electron chi connectivity index (χ2n) is 5.37. The highest BCUT2D eigenvalue weighted by Crippen LogP contribution is 2.25. The zero-order valence-electron chi connectivity index (χ0n) is 11.7. The molecule has 1 aromatic carbocycles. The molecule has 2 N–H and O–H groups in total. The van der Waals surface area contributed by atoms with Gasteiger partial charge in [0.05, 0.1) is 11.2 Å². The minimum Gasteiger partial charge on any atom is -0.323 e. The van der Waals surface area contributed by atoms with Crippen LogP contribution >= 0.6 is 15.9 Å². The topological polar surface area (TPSA) is 44.4 Å². The van der Waals surface area contributed by atoms with E-state index in [1.165, 1.54) is 12.1 Å². The first-order chi connectivity index (χ1) is 9.41. The van der Waals surface area contributed by atoms with Crippen LogP contribution in [0.1, 0.15) is 13.8 Å². The van der Waals surface area contributed by atoms with Crippen LogP contribution in [0.4, 0.5) is 10.1 Å². The van der Waals surface area contributed by atoms with E-state index in [1.54, 1.807) is 6.07 Å². The van der Waals surface area contributed by atoms with Crippen molar-refractivity contribution in [1.82, 2.24) is 10.2 Å². The molecule has 110 valence electrons. The fourth-order valence-electron chi connectivity index (χ4n) is 2.23. The number of nitrogens with zero attached hydrogens (tertiary/aromatic N) is 1. The number of hydrogen-bond acceptors (Lipinski definition) is 3. The van der Waals surface area contributed by atoms with Crippen molar-refractivity contribution in [3.8, 4) is 0 Å². The van der Waals surface area contributed by atoms with E-state index in [2.05, 4.69) is 31.5 Å². The van der Waals surface area contributed by atoms with Gasteiger partial charge < -0.3 is 10.6 Å². The highest BCUT2D eigenvalue weighted by molar-refractivity contribution is 9.10. The van der Waals surface area contributed by atoms with Gasteiger partial charge >= 0.3 is 0 Å². The summed E-state index contributed by atoms with van der Waals surface area (Å²) < 4.78 is 13.6. The smallest absolute Gasteiger partial charge is 0.244 e. The first kappa shape index (κ1) is 15.4. The van der Waals surface area contributed by atoms with Crippen LogP contribution in [0, 0.1) is 5.82 Å². The van der Waals surface area contributed by atoms with Crippen molar-refractivity contribution in [2.75, 3.05) is 31.5 Å². The molecule has 1 saturated heterocycles. The SMILES string of the molecule is CC(C)(C(=O)Nc1ccc(F)cc1Br)N1CCNCC1. The quantitative estimate of drug-likeness (QED) is 0.884. The van der Waals surface area contributed by atoms with Gasteiger partial charge in [0, 0.05) is 30.7 Å². The van der Waals surface area contributed by atoms with Crippen molar-refractivity contribution in [2.24, 2.45) is 0 Å². The van der Waals surface area contributed by atoms with Crippen molar-refractivity contribution >= 4 is 27.5 Å². The number of nitrogens with one attached hydrogen (secondary N) is 2. The van der Waals surface area contributed by atoms with E-state index >= 15 is 0 Å². The van der Waals surface area contributed by atoms with E-state index in [-0.39, 0.29) is 11.7 Å². The van der Waals surface area contributed by atoms with Gasteiger partial charge in [0.1, 0.15) is 5.82 Å². The van der Waals surface area contributed by atoms with E-state index in [9.17, 15) is 9.18 Å². The van der Waals surface area contributed by atoms with Gasteiger partial charge in [-0.1, -0.05) is 0 Å². The van der Waals surface area contributed by atoms with E-state index in [0.717, 1.165) is 26.2 Å². The zero-order chi connectivity index (χ0) is 14.8. The maximum atomic E-state index is 13.1. The maximum Gasteiger partial charge on any atom is 0.244 e. The molecule has 0 radical (unpaired) electrons. The summed E-state index contributed by atoms with van der Waals surface area (Å²) >= 11 is 3.26. The second-order valence-corrected chi connectivity index (χ2v) is 6.23. The van der Waals surface area contributed by atoms with Crippen LogP contribution in [-0.4, -0.2) is 42.5 Å². The first-order valence-electron chi connectivity index (χ1n) is 6.63. The Morgan fingerprint density at radius 3 is 2.65 bits per heavy atom. The van der Waals surface area contributed by atoms with Gasteiger partial charge in [-0.25, -0.2) is 4.39 Å². The third-order valence-corrected chi connectivity index (χ3v) is 4.30. The average molecular weight is 344 g/mol. The average Bonchev–Trinajstić information content (AvgIpc) is 2.42. The molecule has 2 rings (SSSR count). The molecule has 4 nitrogen and oxygen atoms in total. The van der Waals surface area contributed by atoms with E-state index in [4.69, 9.17) is 0 Å². The molecule has 0 aliphatic carbocycles. The summed E-state index contributed by atoms with van der Waals surface area (Å²) in [5.41, 5.74) is -0.0183. The molecule has 6 heteroatoms. The van der Waals surface area contributed by atoms with Crippen molar-refractivity contribution in [1.29, 1.82) is 0 Å². The molecule has 1 amide bonds. The molecule has 1 heterocycles. The number of halogens is 2. The van der Waals surface area contributed by atoms with Crippen molar-refractivity contribution in [3.63, 3.8) is 0 Å². The summed E-state index contributed by atoms with van der Waals surface area (Å²) in [4.78, 5) is 14.6. The standard InChI is InChI=1S/C14H19BrFN3O/c1-14(2,19-7-5-17-6-8-19)13(20)18-12-4-3-10(16)9-11(12)15/h3-4,9,17H,5-8H2,1-2H3,(H,18,20). The third kappa shape index (κ3) is 3.37. The van der Waals surface area contributed by atoms with Crippen LogP contribution in [0.15, 0.2) is 22.7 Å². The van der Waals surface area contributed by atoms with Crippen molar-refractivity contribution in [3.05, 3.63) is 28.5 Å². The van der Waals surface area contributed by atoms with Gasteiger partial charge in [0.25, 0.3) is 0 Å². The predicted molar refractivity (Wildman–Crippen MR) is 81.3 cm³/mol. The first-order valence-corrected chi connectivity index (χ1v) is 7.43. The molecule has 0 bridgehead atoms. The lowest BCUT2D eigenvalue weighted by atomic mass is 10.0. The summed E-state index contributed by atoms with van der Waals surface area (Å²) in [6.07, 6.45) is 0. The highest BCUT2D eigenvalue weighted by Gasteiger charge is 2.35. The molecule has 0 aromatic heterocycles. The number of piperazine rings is 1. The van der Waals surface area contributed by atoms with Crippen molar-refractivity contribution in [2.45, 2.75) is 19.4 Å². The Hall–Kier alpha value is -0.980. The Morgan fingerprint density at radius 2 is 2.05 bits per heavy atom. The fourth-order valence-corrected chi connectivity index (χ4v) is 2.68. The predicted octanol–water partition coefficient (Wildman–Crippen LogP) is 2.21. The van der Waals surface area contributed by atoms with Gasteiger partial charge in [-0.2, -0.15) is 0 Å². The summed E-state index contributed by atoms with van der Waals surface area (Å²) in [7, 11) is 0. The van der Waals surface area contributed by atoms with E-state index in [0.29, 0.717) is 10.2 Å². The Balaban J connectivity index is 2.09. The maximum absolute atomic E-state index is 13.1. The Kier molecular flexibility index (Phi) is 4.78. The molecule has 1 fully saturated rings. The number of carbonyl (C=O) groups excluding carboxylic acids is 1. The van der Waals surface area contributed by atoms with Crippen LogP contribution in [0.5, 0.6) is 0 Å². The summed E-state index contributed by atoms with van der Waals surface area (Å²) in [5.74, 6) is -0.428. The molecule has 0 unspecified atom stereocenters. The number of carbonyl (C=O) groups is 1. The Labute approximate surface area is 126 Å². The molecule has 1 aliphatic rings. The summed E-state index contributed by atoms with van der Waals surface area (Å²) in [6, 6.07) is 4.23. The lowest BCUT2D eigenvalue weighted by molar-refractivity contribution is -0.126. The molecule has 1 aliphatic heterocycles. The lowest BCUT2D eigenvalue weighted by Gasteiger charge is -2.39. The molecular formula is C14H19BrFN3O. The molecule has 0 saturated carbocycles. The minimum absolute atomic E-state index is 0.0910. The van der Waals surface area contributed by atoms with Gasteiger partial charge in [-0.3, -0.25) is 9.69 Å². The van der Waals surface area contributed by atoms with Crippen LogP contribution in [-0.2, 0) is 4.79 Å². The Morgan fingerprint density at radius 1 is 1.40 bits per heavy atom. The second kappa shape index (κ2) is 6.20. The molecule has 1 aromatic rings. The van der Waals surface area contributed by atoms with Crippen LogP contribution in [0.25, 0.3) is 0 Å². The summed E-state index contributed by atoms with van der Waals surface area (Å²) in [5, 5.41) is 6.13. The summed E-state index contributed by atoms with van der Waals surface area (Å²) in [6.45, 7) is 7.26.